The van der Waals surface area contributed by atoms with Crippen LogP contribution in [0.15, 0.2) is 84.9 Å². The lowest BCUT2D eigenvalue weighted by molar-refractivity contribution is -0.137. The van der Waals surface area contributed by atoms with Gasteiger partial charge < -0.3 is 4.74 Å². The number of carbonyl (C=O) groups is 1. The SMILES string of the molecule is O=C(C=Cc1ccccc1)OCC1c2ccccc2-c2ccccc21. The van der Waals surface area contributed by atoms with Crippen LogP contribution in [0.2, 0.25) is 0 Å². The monoisotopic (exact) mass is 326 g/mol. The fraction of sp³-hybridized carbons (Fsp3) is 0.0870. The van der Waals surface area contributed by atoms with E-state index in [9.17, 15) is 4.79 Å². The van der Waals surface area contributed by atoms with Crippen LogP contribution in [-0.2, 0) is 9.53 Å². The van der Waals surface area contributed by atoms with Crippen molar-refractivity contribution in [3.05, 3.63) is 102 Å². The maximum atomic E-state index is 12.1. The first-order chi connectivity index (χ1) is 12.3. The van der Waals surface area contributed by atoms with Crippen molar-refractivity contribution in [2.45, 2.75) is 5.92 Å². The standard InChI is InChI=1S/C23H18O2/c24-23(15-14-17-8-2-1-3-9-17)25-16-22-20-12-6-4-10-18(20)19-11-5-7-13-21(19)22/h1-15,22H,16H2. The third-order valence-electron chi connectivity index (χ3n) is 4.57. The molecule has 0 saturated heterocycles. The minimum absolute atomic E-state index is 0.0986. The molecular formula is C23H18O2. The molecule has 1 aliphatic rings. The lowest BCUT2D eigenvalue weighted by atomic mass is 9.98. The molecule has 0 heterocycles. The van der Waals surface area contributed by atoms with Gasteiger partial charge in [0.15, 0.2) is 0 Å². The van der Waals surface area contributed by atoms with Crippen LogP contribution in [0.3, 0.4) is 0 Å². The molecule has 0 saturated carbocycles. The van der Waals surface area contributed by atoms with Crippen LogP contribution in [0.25, 0.3) is 17.2 Å². The first kappa shape index (κ1) is 15.4. The van der Waals surface area contributed by atoms with Gasteiger partial charge in [-0.3, -0.25) is 0 Å². The van der Waals surface area contributed by atoms with Crippen LogP contribution >= 0.6 is 0 Å². The van der Waals surface area contributed by atoms with Crippen LogP contribution in [0.4, 0.5) is 0 Å². The average molecular weight is 326 g/mol. The van der Waals surface area contributed by atoms with Crippen molar-refractivity contribution >= 4 is 12.0 Å². The normalized spacial score (nSPS) is 12.8. The van der Waals surface area contributed by atoms with Gasteiger partial charge in [-0.25, -0.2) is 4.79 Å². The van der Waals surface area contributed by atoms with Crippen molar-refractivity contribution < 1.29 is 9.53 Å². The third kappa shape index (κ3) is 3.11. The van der Waals surface area contributed by atoms with Crippen molar-refractivity contribution in [1.29, 1.82) is 0 Å². The fourth-order valence-electron chi connectivity index (χ4n) is 3.38. The minimum atomic E-state index is -0.314. The predicted molar refractivity (Wildman–Crippen MR) is 100 cm³/mol. The highest BCUT2D eigenvalue weighted by Gasteiger charge is 2.28. The fourth-order valence-corrected chi connectivity index (χ4v) is 3.38. The van der Waals surface area contributed by atoms with E-state index in [1.54, 1.807) is 6.08 Å². The number of hydrogen-bond acceptors (Lipinski definition) is 2. The Morgan fingerprint density at radius 2 is 1.36 bits per heavy atom. The molecule has 3 aromatic carbocycles. The largest absolute Gasteiger partial charge is 0.462 e. The summed E-state index contributed by atoms with van der Waals surface area (Å²) in [4.78, 5) is 12.1. The molecule has 0 aliphatic heterocycles. The van der Waals surface area contributed by atoms with Crippen LogP contribution in [0.1, 0.15) is 22.6 Å². The van der Waals surface area contributed by atoms with Crippen molar-refractivity contribution in [1.82, 2.24) is 0 Å². The zero-order valence-corrected chi connectivity index (χ0v) is 13.8. The Labute approximate surface area is 147 Å². The Morgan fingerprint density at radius 3 is 2.00 bits per heavy atom. The molecule has 0 aromatic heterocycles. The Morgan fingerprint density at radius 1 is 0.800 bits per heavy atom. The van der Waals surface area contributed by atoms with Crippen molar-refractivity contribution in [2.24, 2.45) is 0 Å². The Kier molecular flexibility index (Phi) is 4.17. The van der Waals surface area contributed by atoms with E-state index in [4.69, 9.17) is 4.74 Å². The Bertz CT molecular complexity index is 880. The molecule has 2 nitrogen and oxygen atoms in total. The minimum Gasteiger partial charge on any atom is -0.462 e. The molecule has 122 valence electrons. The molecule has 0 atom stereocenters. The van der Waals surface area contributed by atoms with E-state index >= 15 is 0 Å². The molecule has 2 heteroatoms. The molecule has 0 amide bonds. The van der Waals surface area contributed by atoms with Gasteiger partial charge in [-0.15, -0.1) is 0 Å². The molecule has 0 radical (unpaired) electrons. The maximum Gasteiger partial charge on any atom is 0.330 e. The maximum absolute atomic E-state index is 12.1. The quantitative estimate of drug-likeness (QED) is 0.495. The summed E-state index contributed by atoms with van der Waals surface area (Å²) in [5, 5.41) is 0. The van der Waals surface area contributed by atoms with Crippen LogP contribution in [0.5, 0.6) is 0 Å². The first-order valence-corrected chi connectivity index (χ1v) is 8.41. The van der Waals surface area contributed by atoms with E-state index in [-0.39, 0.29) is 11.9 Å². The molecule has 25 heavy (non-hydrogen) atoms. The van der Waals surface area contributed by atoms with Gasteiger partial charge in [-0.2, -0.15) is 0 Å². The second-order valence-electron chi connectivity index (χ2n) is 6.10. The number of esters is 1. The highest BCUT2D eigenvalue weighted by molar-refractivity contribution is 5.87. The lowest BCUT2D eigenvalue weighted by Gasteiger charge is -2.13. The molecule has 0 unspecified atom stereocenters. The highest BCUT2D eigenvalue weighted by Crippen LogP contribution is 2.44. The summed E-state index contributed by atoms with van der Waals surface area (Å²) in [7, 11) is 0. The van der Waals surface area contributed by atoms with Gasteiger partial charge in [0, 0.05) is 12.0 Å². The molecule has 3 aromatic rings. The molecule has 4 rings (SSSR count). The predicted octanol–water partition coefficient (Wildman–Crippen LogP) is 5.06. The summed E-state index contributed by atoms with van der Waals surface area (Å²) in [5.41, 5.74) is 5.90. The Hall–Kier alpha value is -3.13. The summed E-state index contributed by atoms with van der Waals surface area (Å²) >= 11 is 0. The summed E-state index contributed by atoms with van der Waals surface area (Å²) in [5.74, 6) is -0.216. The number of ether oxygens (including phenoxy) is 1. The number of carbonyl (C=O) groups excluding carboxylic acids is 1. The van der Waals surface area contributed by atoms with Gasteiger partial charge >= 0.3 is 5.97 Å². The lowest BCUT2D eigenvalue weighted by Crippen LogP contribution is -2.10. The molecule has 1 aliphatic carbocycles. The second kappa shape index (κ2) is 6.78. The molecule has 0 spiro atoms. The van der Waals surface area contributed by atoms with Crippen molar-refractivity contribution in [3.63, 3.8) is 0 Å². The van der Waals surface area contributed by atoms with Crippen molar-refractivity contribution in [3.8, 4) is 11.1 Å². The number of benzene rings is 3. The zero-order chi connectivity index (χ0) is 17.1. The second-order valence-corrected chi connectivity index (χ2v) is 6.10. The van der Waals surface area contributed by atoms with Gasteiger partial charge in [0.1, 0.15) is 6.61 Å². The summed E-state index contributed by atoms with van der Waals surface area (Å²) in [6, 6.07) is 26.4. The van der Waals surface area contributed by atoms with E-state index in [0.717, 1.165) is 5.56 Å². The average Bonchev–Trinajstić information content (AvgIpc) is 2.99. The van der Waals surface area contributed by atoms with Gasteiger partial charge in [0.05, 0.1) is 0 Å². The van der Waals surface area contributed by atoms with Gasteiger partial charge in [0.2, 0.25) is 0 Å². The first-order valence-electron chi connectivity index (χ1n) is 8.41. The van der Waals surface area contributed by atoms with E-state index in [1.807, 2.05) is 54.6 Å². The zero-order valence-electron chi connectivity index (χ0n) is 13.8. The molecule has 0 fully saturated rings. The van der Waals surface area contributed by atoms with Crippen LogP contribution < -0.4 is 0 Å². The molecule has 0 N–H and O–H groups in total. The van der Waals surface area contributed by atoms with Gasteiger partial charge in [0.25, 0.3) is 0 Å². The number of hydrogen-bond donors (Lipinski definition) is 0. The smallest absolute Gasteiger partial charge is 0.330 e. The van der Waals surface area contributed by atoms with Gasteiger partial charge in [-0.1, -0.05) is 78.9 Å². The van der Waals surface area contributed by atoms with E-state index in [1.165, 1.54) is 28.3 Å². The molecular weight excluding hydrogens is 308 g/mol. The topological polar surface area (TPSA) is 26.3 Å². The Balaban J connectivity index is 1.50. The van der Waals surface area contributed by atoms with Crippen LogP contribution in [0, 0.1) is 0 Å². The summed E-state index contributed by atoms with van der Waals surface area (Å²) in [6.45, 7) is 0.353. The highest BCUT2D eigenvalue weighted by atomic mass is 16.5. The van der Waals surface area contributed by atoms with E-state index in [0.29, 0.717) is 6.61 Å². The molecule has 0 bridgehead atoms. The van der Waals surface area contributed by atoms with Crippen molar-refractivity contribution in [2.75, 3.05) is 6.61 Å². The number of fused-ring (bicyclic) bond motifs is 3. The summed E-state index contributed by atoms with van der Waals surface area (Å²) in [6.07, 6.45) is 3.26. The number of rotatable bonds is 4. The summed E-state index contributed by atoms with van der Waals surface area (Å²) < 4.78 is 5.54. The van der Waals surface area contributed by atoms with Crippen LogP contribution in [-0.4, -0.2) is 12.6 Å². The van der Waals surface area contributed by atoms with E-state index < -0.39 is 0 Å². The van der Waals surface area contributed by atoms with Gasteiger partial charge in [-0.05, 0) is 33.9 Å². The van der Waals surface area contributed by atoms with E-state index in [2.05, 4.69) is 24.3 Å². The third-order valence-corrected chi connectivity index (χ3v) is 4.57.